The number of rotatable bonds is 20. The second-order valence-electron chi connectivity index (χ2n) is 18.7. The van der Waals surface area contributed by atoms with E-state index in [1.54, 1.807) is 23.6 Å². The number of benzene rings is 4. The third kappa shape index (κ3) is 30.0. The summed E-state index contributed by atoms with van der Waals surface area (Å²) in [4.78, 5) is 94.6. The molecule has 400 valence electrons. The lowest BCUT2D eigenvalue weighted by molar-refractivity contribution is -0.167. The molecule has 0 radical (unpaired) electrons. The van der Waals surface area contributed by atoms with Crippen LogP contribution in [0.15, 0.2) is 72.8 Å². The zero-order valence-corrected chi connectivity index (χ0v) is 43.2. The largest absolute Gasteiger partial charge is 0.480 e. The minimum atomic E-state index is -1.03. The van der Waals surface area contributed by atoms with Gasteiger partial charge in [0.1, 0.15) is 17.3 Å². The number of hydrogen-bond acceptors (Lipinski definition) is 13. The molecule has 1 aliphatic rings. The van der Waals surface area contributed by atoms with Crippen molar-refractivity contribution in [3.05, 3.63) is 140 Å². The van der Waals surface area contributed by atoms with E-state index in [4.69, 9.17) is 15.3 Å². The van der Waals surface area contributed by atoms with Crippen molar-refractivity contribution in [2.24, 2.45) is 0 Å². The number of aryl methyl sites for hydroxylation is 8. The van der Waals surface area contributed by atoms with Gasteiger partial charge in [0.2, 0.25) is 0 Å². The lowest BCUT2D eigenvalue weighted by Gasteiger charge is -2.24. The zero-order chi connectivity index (χ0) is 53.5. The SMILES string of the molecule is C.C.CC(=O)CN(CC(=O)O)Cc1cc(C)cc(C)c1.CC(=O)CN(CC(C)=O)Cc1cc(C)cc(C)c1.Cc1cc(C)cc(CN(CC(=O)O)CC(=O)O)c1.Cc1cc(C)cc(CN2CC(=O)OC(=O)C2)c1. The summed E-state index contributed by atoms with van der Waals surface area (Å²) >= 11 is 0. The Hall–Kier alpha value is -6.72. The van der Waals surface area contributed by atoms with Crippen molar-refractivity contribution in [1.29, 1.82) is 0 Å². The van der Waals surface area contributed by atoms with Gasteiger partial charge < -0.3 is 20.1 Å². The third-order valence-electron chi connectivity index (χ3n) is 10.1. The summed E-state index contributed by atoms with van der Waals surface area (Å²) in [5, 5.41) is 26.3. The number of ether oxygens (including phenoxy) is 1. The van der Waals surface area contributed by atoms with Crippen molar-refractivity contribution in [3.8, 4) is 0 Å². The smallest absolute Gasteiger partial charge is 0.327 e. The third-order valence-corrected chi connectivity index (χ3v) is 10.1. The molecule has 16 heteroatoms. The first kappa shape index (κ1) is 66.3. The summed E-state index contributed by atoms with van der Waals surface area (Å²) in [5.41, 5.74) is 13.4. The number of esters is 2. The van der Waals surface area contributed by atoms with Gasteiger partial charge in [-0.05, 0) is 98.4 Å². The highest BCUT2D eigenvalue weighted by Gasteiger charge is 2.25. The Bertz CT molecular complexity index is 2170. The number of aliphatic carboxylic acids is 3. The summed E-state index contributed by atoms with van der Waals surface area (Å²) in [7, 11) is 0. The van der Waals surface area contributed by atoms with E-state index in [0.29, 0.717) is 39.3 Å². The van der Waals surface area contributed by atoms with E-state index in [2.05, 4.69) is 61.0 Å². The number of carbonyl (C=O) groups is 8. The summed E-state index contributed by atoms with van der Waals surface area (Å²) in [6.07, 6.45) is 0. The van der Waals surface area contributed by atoms with E-state index in [9.17, 15) is 38.4 Å². The van der Waals surface area contributed by atoms with Gasteiger partial charge in [-0.1, -0.05) is 132 Å². The predicted octanol–water partition coefficient (Wildman–Crippen LogP) is 7.80. The molecule has 1 saturated heterocycles. The van der Waals surface area contributed by atoms with Crippen LogP contribution in [0.2, 0.25) is 0 Å². The van der Waals surface area contributed by atoms with Crippen molar-refractivity contribution in [1.82, 2.24) is 19.6 Å². The van der Waals surface area contributed by atoms with Crippen LogP contribution in [0, 0.1) is 55.4 Å². The second-order valence-corrected chi connectivity index (χ2v) is 18.7. The van der Waals surface area contributed by atoms with Crippen molar-refractivity contribution in [3.63, 3.8) is 0 Å². The molecule has 5 rings (SSSR count). The number of Topliss-reactive ketones (excluding diaryl/α,β-unsaturated/α-hetero) is 3. The van der Waals surface area contributed by atoms with Crippen molar-refractivity contribution in [2.45, 2.75) is 117 Å². The van der Waals surface area contributed by atoms with E-state index in [1.165, 1.54) is 34.1 Å². The lowest BCUT2D eigenvalue weighted by Crippen LogP contribution is -2.42. The van der Waals surface area contributed by atoms with Crippen LogP contribution in [0.1, 0.15) is 102 Å². The predicted molar refractivity (Wildman–Crippen MR) is 284 cm³/mol. The summed E-state index contributed by atoms with van der Waals surface area (Å²) in [6.45, 7) is 23.2. The number of ketones is 3. The van der Waals surface area contributed by atoms with Crippen LogP contribution in [-0.4, -0.2) is 134 Å². The average molecular weight is 1010 g/mol. The van der Waals surface area contributed by atoms with Crippen LogP contribution in [0.25, 0.3) is 0 Å². The summed E-state index contributed by atoms with van der Waals surface area (Å²) in [5.74, 6) is -3.76. The van der Waals surface area contributed by atoms with Crippen LogP contribution in [0.4, 0.5) is 0 Å². The second kappa shape index (κ2) is 33.1. The Morgan fingerprint density at radius 3 is 0.863 bits per heavy atom. The Labute approximate surface area is 432 Å². The standard InChI is InChI=1S/C15H21NO2.C14H19NO3.C13H17NO4.C13H15NO3.2CH4/c1-11-5-12(2)7-15(6-11)10-16(8-13(3)17)9-14(4)18;1-10-4-11(2)6-13(5-10)8-15(7-12(3)16)9-14(17)18;1-9-3-10(2)5-11(4-9)6-14(7-12(15)16)8-13(17)18;1-9-3-10(2)5-11(4-9)6-14-7-12(15)17-13(16)8-14;;/h5-7H,8-10H2,1-4H3;4-6H,7-9H2,1-3H3,(H,17,18);3-5H,6-8H2,1-2H3,(H,15,16)(H,17,18);3-5H,6-8H2,1-2H3;2*1H4. The fraction of sp³-hybridized carbons (Fsp3) is 0.439. The van der Waals surface area contributed by atoms with E-state index < -0.39 is 29.8 Å². The Morgan fingerprint density at radius 1 is 0.411 bits per heavy atom. The molecule has 1 heterocycles. The molecule has 3 N–H and O–H groups in total. The van der Waals surface area contributed by atoms with Gasteiger partial charge in [0, 0.05) is 26.2 Å². The Kier molecular flexibility index (Phi) is 30.0. The Morgan fingerprint density at radius 2 is 0.630 bits per heavy atom. The minimum absolute atomic E-state index is 0. The van der Waals surface area contributed by atoms with E-state index in [-0.39, 0.29) is 71.5 Å². The lowest BCUT2D eigenvalue weighted by atomic mass is 10.1. The number of nitrogens with zero attached hydrogens (tertiary/aromatic N) is 4. The quantitative estimate of drug-likeness (QED) is 0.0568. The molecular formula is C57H80N4O12. The van der Waals surface area contributed by atoms with Crippen LogP contribution in [0.3, 0.4) is 0 Å². The van der Waals surface area contributed by atoms with Crippen LogP contribution >= 0.6 is 0 Å². The topological polar surface area (TPSA) is 219 Å². The number of morpholine rings is 1. The van der Waals surface area contributed by atoms with Crippen molar-refractivity contribution < 1.29 is 58.4 Å². The first-order chi connectivity index (χ1) is 33.1. The number of carbonyl (C=O) groups excluding carboxylic acids is 5. The molecule has 0 aromatic heterocycles. The van der Waals surface area contributed by atoms with Gasteiger partial charge in [-0.2, -0.15) is 0 Å². The van der Waals surface area contributed by atoms with Gasteiger partial charge in [0.05, 0.1) is 52.4 Å². The van der Waals surface area contributed by atoms with Gasteiger partial charge >= 0.3 is 29.8 Å². The molecule has 4 aromatic rings. The van der Waals surface area contributed by atoms with Crippen LogP contribution < -0.4 is 0 Å². The van der Waals surface area contributed by atoms with Gasteiger partial charge in [0.15, 0.2) is 0 Å². The fourth-order valence-electron chi connectivity index (χ4n) is 8.42. The molecule has 0 unspecified atom stereocenters. The van der Waals surface area contributed by atoms with Gasteiger partial charge in [0.25, 0.3) is 0 Å². The van der Waals surface area contributed by atoms with E-state index in [0.717, 1.165) is 44.5 Å². The highest BCUT2D eigenvalue weighted by molar-refractivity contribution is 5.90. The van der Waals surface area contributed by atoms with E-state index >= 15 is 0 Å². The average Bonchev–Trinajstić information content (AvgIpc) is 3.15. The normalized spacial score (nSPS) is 11.9. The van der Waals surface area contributed by atoms with E-state index in [1.807, 2.05) is 76.8 Å². The molecule has 1 fully saturated rings. The number of hydrogen-bond donors (Lipinski definition) is 3. The maximum absolute atomic E-state index is 11.2. The maximum Gasteiger partial charge on any atom is 0.327 e. The van der Waals surface area contributed by atoms with Crippen molar-refractivity contribution in [2.75, 3.05) is 52.4 Å². The van der Waals surface area contributed by atoms with Crippen LogP contribution in [-0.2, 0) is 69.3 Å². The number of carboxylic acids is 3. The summed E-state index contributed by atoms with van der Waals surface area (Å²) < 4.78 is 4.48. The molecule has 4 aromatic carbocycles. The maximum atomic E-state index is 11.2. The molecule has 0 aliphatic carbocycles. The first-order valence-electron chi connectivity index (χ1n) is 23.2. The van der Waals surface area contributed by atoms with Gasteiger partial charge in [-0.3, -0.25) is 58.0 Å². The minimum Gasteiger partial charge on any atom is -0.480 e. The molecule has 73 heavy (non-hydrogen) atoms. The van der Waals surface area contributed by atoms with Gasteiger partial charge in [-0.15, -0.1) is 0 Å². The van der Waals surface area contributed by atoms with Crippen molar-refractivity contribution >= 4 is 47.2 Å². The molecule has 0 spiro atoms. The number of cyclic esters (lactones) is 2. The highest BCUT2D eigenvalue weighted by Crippen LogP contribution is 2.15. The highest BCUT2D eigenvalue weighted by atomic mass is 16.6. The Balaban J connectivity index is 0.000000938. The first-order valence-corrected chi connectivity index (χ1v) is 23.2. The molecule has 0 saturated carbocycles. The molecule has 0 amide bonds. The van der Waals surface area contributed by atoms with Crippen LogP contribution in [0.5, 0.6) is 0 Å². The molecule has 16 nitrogen and oxygen atoms in total. The molecule has 0 atom stereocenters. The summed E-state index contributed by atoms with van der Waals surface area (Å²) in [6, 6.07) is 24.5. The van der Waals surface area contributed by atoms with Gasteiger partial charge in [-0.25, -0.2) is 0 Å². The zero-order valence-electron chi connectivity index (χ0n) is 43.2. The molecule has 1 aliphatic heterocycles. The molecular weight excluding hydrogens is 933 g/mol. The number of carboxylic acid groups (broad SMARTS) is 3. The monoisotopic (exact) mass is 1010 g/mol. The molecule has 0 bridgehead atoms. The fourth-order valence-corrected chi connectivity index (χ4v) is 8.42.